The third-order valence-corrected chi connectivity index (χ3v) is 4.14. The minimum absolute atomic E-state index is 0.0863. The fourth-order valence-corrected chi connectivity index (χ4v) is 2.79. The van der Waals surface area contributed by atoms with E-state index in [9.17, 15) is 4.79 Å². The van der Waals surface area contributed by atoms with Crippen molar-refractivity contribution >= 4 is 40.3 Å². The van der Waals surface area contributed by atoms with Gasteiger partial charge in [0.1, 0.15) is 15.8 Å². The molecule has 4 nitrogen and oxygen atoms in total. The van der Waals surface area contributed by atoms with E-state index in [1.807, 2.05) is 12.1 Å². The number of ether oxygens (including phenoxy) is 2. The highest BCUT2D eigenvalue weighted by Gasteiger charge is 2.28. The summed E-state index contributed by atoms with van der Waals surface area (Å²) in [5.74, 6) is 1.27. The van der Waals surface area contributed by atoms with Crippen LogP contribution in [0.2, 0.25) is 0 Å². The van der Waals surface area contributed by atoms with E-state index in [1.54, 1.807) is 33.4 Å². The molecule has 0 atom stereocenters. The van der Waals surface area contributed by atoms with E-state index in [2.05, 4.69) is 0 Å². The Labute approximate surface area is 121 Å². The Morgan fingerprint density at radius 1 is 1.21 bits per heavy atom. The second kappa shape index (κ2) is 5.63. The van der Waals surface area contributed by atoms with Gasteiger partial charge in [0.2, 0.25) is 0 Å². The predicted octanol–water partition coefficient (Wildman–Crippen LogP) is 2.53. The van der Waals surface area contributed by atoms with Crippen molar-refractivity contribution in [3.63, 3.8) is 0 Å². The molecule has 19 heavy (non-hydrogen) atoms. The standard InChI is InChI=1S/C13H13NO3S2/c1-14-12(15)11(19-13(14)18)6-8-4-9(16-2)7-10(5-8)17-3/h4-7H,1-3H3/b11-6-. The lowest BCUT2D eigenvalue weighted by Gasteiger charge is -2.06. The molecule has 1 saturated heterocycles. The maximum atomic E-state index is 11.9. The number of likely N-dealkylation sites (N-methyl/N-ethyl adjacent to an activating group) is 1. The third kappa shape index (κ3) is 2.90. The molecule has 1 fully saturated rings. The number of carbonyl (C=O) groups excluding carboxylic acids is 1. The summed E-state index contributed by atoms with van der Waals surface area (Å²) in [6.07, 6.45) is 1.79. The first-order valence-electron chi connectivity index (χ1n) is 5.50. The van der Waals surface area contributed by atoms with E-state index in [4.69, 9.17) is 21.7 Å². The zero-order chi connectivity index (χ0) is 14.0. The third-order valence-electron chi connectivity index (χ3n) is 2.66. The molecule has 1 aromatic rings. The van der Waals surface area contributed by atoms with Gasteiger partial charge in [0.15, 0.2) is 0 Å². The van der Waals surface area contributed by atoms with Crippen LogP contribution in [0.5, 0.6) is 11.5 Å². The van der Waals surface area contributed by atoms with Crippen LogP contribution in [-0.2, 0) is 4.79 Å². The number of hydrogen-bond acceptors (Lipinski definition) is 5. The van der Waals surface area contributed by atoms with Crippen molar-refractivity contribution in [3.05, 3.63) is 28.7 Å². The summed E-state index contributed by atoms with van der Waals surface area (Å²) in [6, 6.07) is 5.46. The van der Waals surface area contributed by atoms with Gasteiger partial charge in [-0.05, 0) is 23.8 Å². The number of thioether (sulfide) groups is 1. The quantitative estimate of drug-likeness (QED) is 0.633. The molecule has 0 unspecified atom stereocenters. The minimum Gasteiger partial charge on any atom is -0.497 e. The van der Waals surface area contributed by atoms with Gasteiger partial charge < -0.3 is 9.47 Å². The van der Waals surface area contributed by atoms with E-state index in [0.29, 0.717) is 20.7 Å². The number of thiocarbonyl (C=S) groups is 1. The second-order valence-electron chi connectivity index (χ2n) is 3.89. The second-order valence-corrected chi connectivity index (χ2v) is 5.56. The molecule has 1 aliphatic rings. The Morgan fingerprint density at radius 3 is 2.21 bits per heavy atom. The molecule has 1 amide bonds. The van der Waals surface area contributed by atoms with E-state index in [1.165, 1.54) is 16.7 Å². The summed E-state index contributed by atoms with van der Waals surface area (Å²) in [6.45, 7) is 0. The number of amides is 1. The van der Waals surface area contributed by atoms with Crippen molar-refractivity contribution in [2.45, 2.75) is 0 Å². The zero-order valence-corrected chi connectivity index (χ0v) is 12.4. The van der Waals surface area contributed by atoms with Crippen LogP contribution in [0.4, 0.5) is 0 Å². The van der Waals surface area contributed by atoms with Gasteiger partial charge in [-0.25, -0.2) is 0 Å². The molecule has 2 rings (SSSR count). The number of hydrogen-bond donors (Lipinski definition) is 0. The van der Waals surface area contributed by atoms with Crippen molar-refractivity contribution in [1.29, 1.82) is 0 Å². The first kappa shape index (κ1) is 13.9. The van der Waals surface area contributed by atoms with Crippen molar-refractivity contribution in [2.75, 3.05) is 21.3 Å². The fourth-order valence-electron chi connectivity index (χ4n) is 1.61. The molecule has 0 spiro atoms. The van der Waals surface area contributed by atoms with Gasteiger partial charge in [0, 0.05) is 13.1 Å². The molecule has 0 bridgehead atoms. The molecule has 0 aliphatic carbocycles. The molecular weight excluding hydrogens is 282 g/mol. The van der Waals surface area contributed by atoms with Crippen LogP contribution in [0.15, 0.2) is 23.1 Å². The lowest BCUT2D eigenvalue weighted by Crippen LogP contribution is -2.22. The van der Waals surface area contributed by atoms with Gasteiger partial charge in [0.05, 0.1) is 19.1 Å². The van der Waals surface area contributed by atoms with Crippen molar-refractivity contribution in [2.24, 2.45) is 0 Å². The zero-order valence-electron chi connectivity index (χ0n) is 10.8. The molecular formula is C13H13NO3S2. The van der Waals surface area contributed by atoms with Gasteiger partial charge in [-0.3, -0.25) is 9.69 Å². The Bertz CT molecular complexity index is 547. The normalized spacial score (nSPS) is 17.2. The highest BCUT2D eigenvalue weighted by atomic mass is 32.2. The van der Waals surface area contributed by atoms with E-state index < -0.39 is 0 Å². The summed E-state index contributed by atoms with van der Waals surface area (Å²) < 4.78 is 10.9. The molecule has 0 aromatic heterocycles. The molecule has 0 saturated carbocycles. The molecule has 0 radical (unpaired) electrons. The van der Waals surface area contributed by atoms with Gasteiger partial charge in [0.25, 0.3) is 5.91 Å². The van der Waals surface area contributed by atoms with Gasteiger partial charge in [-0.15, -0.1) is 0 Å². The van der Waals surface area contributed by atoms with E-state index >= 15 is 0 Å². The minimum atomic E-state index is -0.0863. The number of methoxy groups -OCH3 is 2. The number of rotatable bonds is 3. The van der Waals surface area contributed by atoms with E-state index in [0.717, 1.165) is 5.56 Å². The average Bonchev–Trinajstić information content (AvgIpc) is 2.65. The summed E-state index contributed by atoms with van der Waals surface area (Å²) in [4.78, 5) is 14.0. The molecule has 1 heterocycles. The first-order valence-corrected chi connectivity index (χ1v) is 6.72. The number of benzene rings is 1. The van der Waals surface area contributed by atoms with Crippen LogP contribution in [0, 0.1) is 0 Å². The maximum Gasteiger partial charge on any atom is 0.265 e. The predicted molar refractivity (Wildman–Crippen MR) is 80.5 cm³/mol. The first-order chi connectivity index (χ1) is 9.05. The molecule has 0 N–H and O–H groups in total. The van der Waals surface area contributed by atoms with Crippen molar-refractivity contribution < 1.29 is 14.3 Å². The van der Waals surface area contributed by atoms with E-state index in [-0.39, 0.29) is 5.91 Å². The summed E-state index contributed by atoms with van der Waals surface area (Å²) >= 11 is 6.38. The highest BCUT2D eigenvalue weighted by Crippen LogP contribution is 2.32. The smallest absolute Gasteiger partial charge is 0.265 e. The lowest BCUT2D eigenvalue weighted by atomic mass is 10.2. The Kier molecular flexibility index (Phi) is 4.11. The monoisotopic (exact) mass is 295 g/mol. The van der Waals surface area contributed by atoms with Crippen LogP contribution >= 0.6 is 24.0 Å². The van der Waals surface area contributed by atoms with Crippen LogP contribution in [0.1, 0.15) is 5.56 Å². The van der Waals surface area contributed by atoms with Crippen LogP contribution < -0.4 is 9.47 Å². The molecule has 6 heteroatoms. The van der Waals surface area contributed by atoms with Crippen molar-refractivity contribution in [1.82, 2.24) is 4.90 Å². The lowest BCUT2D eigenvalue weighted by molar-refractivity contribution is -0.121. The summed E-state index contributed by atoms with van der Waals surface area (Å²) in [7, 11) is 4.85. The topological polar surface area (TPSA) is 38.8 Å². The van der Waals surface area contributed by atoms with Crippen LogP contribution in [-0.4, -0.2) is 36.4 Å². The van der Waals surface area contributed by atoms with Gasteiger partial charge >= 0.3 is 0 Å². The van der Waals surface area contributed by atoms with Crippen LogP contribution in [0.25, 0.3) is 6.08 Å². The maximum absolute atomic E-state index is 11.9. The fraction of sp³-hybridized carbons (Fsp3) is 0.231. The molecule has 100 valence electrons. The van der Waals surface area contributed by atoms with Crippen molar-refractivity contribution in [3.8, 4) is 11.5 Å². The number of carbonyl (C=O) groups is 1. The van der Waals surface area contributed by atoms with Crippen LogP contribution in [0.3, 0.4) is 0 Å². The Hall–Kier alpha value is -1.53. The summed E-state index contributed by atoms with van der Waals surface area (Å²) in [5.41, 5.74) is 0.838. The average molecular weight is 295 g/mol. The number of nitrogens with zero attached hydrogens (tertiary/aromatic N) is 1. The molecule has 1 aromatic carbocycles. The summed E-state index contributed by atoms with van der Waals surface area (Å²) in [5, 5.41) is 0. The SMILES string of the molecule is COc1cc(/C=C2\SC(=S)N(C)C2=O)cc(OC)c1. The largest absolute Gasteiger partial charge is 0.497 e. The van der Waals surface area contributed by atoms with Gasteiger partial charge in [-0.1, -0.05) is 24.0 Å². The Morgan fingerprint density at radius 2 is 1.79 bits per heavy atom. The highest BCUT2D eigenvalue weighted by molar-refractivity contribution is 8.26. The van der Waals surface area contributed by atoms with Gasteiger partial charge in [-0.2, -0.15) is 0 Å². The molecule has 1 aliphatic heterocycles. The Balaban J connectivity index is 2.38.